The molecule has 0 bridgehead atoms. The van der Waals surface area contributed by atoms with Crippen molar-refractivity contribution in [2.75, 3.05) is 26.4 Å². The lowest BCUT2D eigenvalue weighted by molar-refractivity contribution is -0.173. The first-order chi connectivity index (χ1) is 21.9. The van der Waals surface area contributed by atoms with Crippen molar-refractivity contribution in [3.8, 4) is 0 Å². The van der Waals surface area contributed by atoms with E-state index in [1.165, 1.54) is 0 Å². The number of rotatable bonds is 17. The lowest BCUT2D eigenvalue weighted by Crippen LogP contribution is -2.46. The Bertz CT molecular complexity index is 1350. The zero-order valence-electron chi connectivity index (χ0n) is 26.1. The number of ketones is 1. The Morgan fingerprint density at radius 3 is 1.58 bits per heavy atom. The number of benzene rings is 3. The minimum Gasteiger partial charge on any atom is -0.465 e. The topological polar surface area (TPSA) is 118 Å². The molecule has 0 N–H and O–H groups in total. The molecule has 3 aromatic rings. The number of Topliss-reactive ketones (excluding diaryl/α,β-unsaturated/α-hetero) is 1. The van der Waals surface area contributed by atoms with E-state index in [1.54, 1.807) is 44.2 Å². The first-order valence-corrected chi connectivity index (χ1v) is 15.3. The van der Waals surface area contributed by atoms with Gasteiger partial charge >= 0.3 is 18.1 Å². The maximum absolute atomic E-state index is 14.2. The predicted octanol–water partition coefficient (Wildman–Crippen LogP) is 6.62. The van der Waals surface area contributed by atoms with Crippen LogP contribution in [0.2, 0.25) is 0 Å². The second kappa shape index (κ2) is 18.1. The highest BCUT2D eigenvalue weighted by atomic mass is 16.7. The normalized spacial score (nSPS) is 11.5. The molecular formula is C36H41NO8. The van der Waals surface area contributed by atoms with Crippen LogP contribution in [0.4, 0.5) is 4.79 Å². The Morgan fingerprint density at radius 1 is 0.644 bits per heavy atom. The average Bonchev–Trinajstić information content (AvgIpc) is 3.07. The summed E-state index contributed by atoms with van der Waals surface area (Å²) in [7, 11) is 0. The van der Waals surface area contributed by atoms with E-state index in [2.05, 4.69) is 0 Å². The fourth-order valence-electron chi connectivity index (χ4n) is 4.84. The molecule has 1 atom stereocenters. The molecule has 0 spiro atoms. The molecule has 0 aromatic heterocycles. The van der Waals surface area contributed by atoms with Crippen molar-refractivity contribution >= 4 is 29.6 Å². The summed E-state index contributed by atoms with van der Waals surface area (Å²) in [5.41, 5.74) is 0.488. The molecule has 0 aliphatic heterocycles. The van der Waals surface area contributed by atoms with E-state index in [0.29, 0.717) is 17.7 Å². The van der Waals surface area contributed by atoms with E-state index in [0.717, 1.165) is 11.1 Å². The predicted molar refractivity (Wildman–Crippen MR) is 170 cm³/mol. The molecular weight excluding hydrogens is 574 g/mol. The summed E-state index contributed by atoms with van der Waals surface area (Å²) in [4.78, 5) is 58.6. The van der Waals surface area contributed by atoms with Crippen molar-refractivity contribution in [3.05, 3.63) is 108 Å². The van der Waals surface area contributed by atoms with Gasteiger partial charge in [0.25, 0.3) is 0 Å². The molecule has 0 aliphatic carbocycles. The van der Waals surface area contributed by atoms with Gasteiger partial charge in [-0.05, 0) is 33.1 Å². The number of nitrogens with zero attached hydrogens (tertiary/aromatic N) is 1. The molecule has 3 rings (SSSR count). The number of hydrogen-bond donors (Lipinski definition) is 0. The van der Waals surface area contributed by atoms with Crippen LogP contribution in [-0.4, -0.2) is 62.1 Å². The van der Waals surface area contributed by atoms with Gasteiger partial charge in [-0.1, -0.05) is 97.9 Å². The van der Waals surface area contributed by atoms with Crippen molar-refractivity contribution in [1.82, 2.24) is 0 Å². The van der Waals surface area contributed by atoms with Crippen LogP contribution in [0.25, 0.3) is 0 Å². The van der Waals surface area contributed by atoms with E-state index in [9.17, 15) is 19.2 Å². The summed E-state index contributed by atoms with van der Waals surface area (Å²) in [6.07, 6.45) is -0.561. The summed E-state index contributed by atoms with van der Waals surface area (Å²) in [6.45, 7) is 5.21. The fourth-order valence-corrected chi connectivity index (χ4v) is 4.84. The summed E-state index contributed by atoms with van der Waals surface area (Å²) in [5.74, 6) is -2.05. The fraction of sp³-hybridized carbons (Fsp3) is 0.361. The number of hydrogen-bond acceptors (Lipinski definition) is 9. The van der Waals surface area contributed by atoms with Gasteiger partial charge < -0.3 is 18.9 Å². The maximum Gasteiger partial charge on any atom is 0.508 e. The van der Waals surface area contributed by atoms with Crippen molar-refractivity contribution < 1.29 is 38.1 Å². The number of esters is 2. The average molecular weight is 616 g/mol. The Hall–Kier alpha value is -4.79. The van der Waals surface area contributed by atoms with Gasteiger partial charge in [0.05, 0.1) is 32.1 Å². The number of carbonyl (C=O) groups excluding carboxylic acids is 4. The zero-order valence-corrected chi connectivity index (χ0v) is 26.1. The SMILES string of the molecule is CCCOC(=O)OCCCC(CC(N=C(c1ccccc1)c1ccccc1)C(=O)c1ccccc1)(C(=O)OCC)C(=O)OCC. The third-order valence-electron chi connectivity index (χ3n) is 7.01. The highest BCUT2D eigenvalue weighted by Crippen LogP contribution is 2.36. The first-order valence-electron chi connectivity index (χ1n) is 15.3. The molecule has 0 saturated carbocycles. The van der Waals surface area contributed by atoms with Crippen molar-refractivity contribution in [2.45, 2.75) is 52.5 Å². The molecule has 1 unspecified atom stereocenters. The molecule has 45 heavy (non-hydrogen) atoms. The lowest BCUT2D eigenvalue weighted by atomic mass is 9.76. The lowest BCUT2D eigenvalue weighted by Gasteiger charge is -2.31. The highest BCUT2D eigenvalue weighted by Gasteiger charge is 2.51. The van der Waals surface area contributed by atoms with Crippen LogP contribution >= 0.6 is 0 Å². The largest absolute Gasteiger partial charge is 0.508 e. The van der Waals surface area contributed by atoms with Gasteiger partial charge in [-0.25, -0.2) is 4.79 Å². The van der Waals surface area contributed by atoms with Crippen molar-refractivity contribution in [3.63, 3.8) is 0 Å². The molecule has 238 valence electrons. The van der Waals surface area contributed by atoms with E-state index in [4.69, 9.17) is 23.9 Å². The summed E-state index contributed by atoms with van der Waals surface area (Å²) < 4.78 is 21.0. The first kappa shape index (κ1) is 34.7. The molecule has 0 heterocycles. The summed E-state index contributed by atoms with van der Waals surface area (Å²) in [5, 5.41) is 0. The van der Waals surface area contributed by atoms with Gasteiger partial charge in [-0.15, -0.1) is 0 Å². The quantitative estimate of drug-likeness (QED) is 0.0415. The van der Waals surface area contributed by atoms with Crippen LogP contribution in [0.15, 0.2) is 96.0 Å². The molecule has 0 saturated heterocycles. The second-order valence-corrected chi connectivity index (χ2v) is 10.2. The van der Waals surface area contributed by atoms with Gasteiger partial charge in [0.2, 0.25) is 0 Å². The molecule has 3 aromatic carbocycles. The number of aliphatic imine (C=N–C) groups is 1. The molecule has 9 nitrogen and oxygen atoms in total. The van der Waals surface area contributed by atoms with Gasteiger partial charge in [0, 0.05) is 23.1 Å². The Balaban J connectivity index is 2.14. The van der Waals surface area contributed by atoms with Gasteiger partial charge in [-0.3, -0.25) is 19.4 Å². The molecule has 9 heteroatoms. The summed E-state index contributed by atoms with van der Waals surface area (Å²) >= 11 is 0. The third kappa shape index (κ3) is 9.86. The van der Waals surface area contributed by atoms with Crippen molar-refractivity contribution in [1.29, 1.82) is 0 Å². The second-order valence-electron chi connectivity index (χ2n) is 10.2. The van der Waals surface area contributed by atoms with Gasteiger partial charge in [0.15, 0.2) is 11.2 Å². The minimum absolute atomic E-state index is 0.000319. The van der Waals surface area contributed by atoms with Crippen LogP contribution in [0.5, 0.6) is 0 Å². The Morgan fingerprint density at radius 2 is 1.11 bits per heavy atom. The molecule has 0 fully saturated rings. The highest BCUT2D eigenvalue weighted by molar-refractivity contribution is 6.14. The van der Waals surface area contributed by atoms with Crippen molar-refractivity contribution in [2.24, 2.45) is 10.4 Å². The van der Waals surface area contributed by atoms with Gasteiger partial charge in [0.1, 0.15) is 6.04 Å². The van der Waals surface area contributed by atoms with Crippen LogP contribution in [0.1, 0.15) is 67.9 Å². The van der Waals surface area contributed by atoms with Crippen LogP contribution in [0.3, 0.4) is 0 Å². The standard InChI is InChI=1S/C36H41NO8/c1-4-24-44-35(41)45-25-16-23-36(33(39)42-5-2,34(40)43-6-3)26-30(32(38)29-21-14-9-15-22-29)37-31(27-17-10-7-11-18-27)28-19-12-8-13-20-28/h7-15,17-22,30H,4-6,16,23-26H2,1-3H3. The van der Waals surface area contributed by atoms with E-state index in [-0.39, 0.29) is 51.5 Å². The summed E-state index contributed by atoms with van der Waals surface area (Å²) in [6, 6.07) is 26.2. The Labute approximate surface area is 264 Å². The zero-order chi connectivity index (χ0) is 32.5. The molecule has 0 aliphatic rings. The number of carbonyl (C=O) groups is 4. The van der Waals surface area contributed by atoms with E-state index >= 15 is 0 Å². The Kier molecular flexibility index (Phi) is 14.0. The van der Waals surface area contributed by atoms with Crippen LogP contribution in [0, 0.1) is 5.41 Å². The molecule has 0 radical (unpaired) electrons. The maximum atomic E-state index is 14.2. The van der Waals surface area contributed by atoms with E-state index < -0.39 is 29.6 Å². The minimum atomic E-state index is -1.92. The smallest absolute Gasteiger partial charge is 0.465 e. The molecule has 0 amide bonds. The van der Waals surface area contributed by atoms with Gasteiger partial charge in [-0.2, -0.15) is 0 Å². The number of ether oxygens (including phenoxy) is 4. The monoisotopic (exact) mass is 615 g/mol. The van der Waals surface area contributed by atoms with Crippen LogP contribution < -0.4 is 0 Å². The van der Waals surface area contributed by atoms with Crippen LogP contribution in [-0.2, 0) is 28.5 Å². The third-order valence-corrected chi connectivity index (χ3v) is 7.01. The van der Waals surface area contributed by atoms with E-state index in [1.807, 2.05) is 67.6 Å².